The van der Waals surface area contributed by atoms with Crippen LogP contribution in [0.4, 0.5) is 4.79 Å². The number of nitrogens with one attached hydrogen (secondary N) is 3. The Morgan fingerprint density at radius 1 is 1.19 bits per heavy atom. The molecule has 0 aliphatic carbocycles. The number of hydrazine groups is 1. The zero-order chi connectivity index (χ0) is 22.8. The normalized spacial score (nSPS) is 16.7. The van der Waals surface area contributed by atoms with Crippen LogP contribution < -0.4 is 10.9 Å². The van der Waals surface area contributed by atoms with E-state index in [-0.39, 0.29) is 12.0 Å². The minimum absolute atomic E-state index is 0.0982. The van der Waals surface area contributed by atoms with E-state index in [0.717, 1.165) is 12.8 Å². The molecule has 31 heavy (non-hydrogen) atoms. The van der Waals surface area contributed by atoms with Crippen LogP contribution in [0.2, 0.25) is 0 Å². The number of aromatic amines is 1. The summed E-state index contributed by atoms with van der Waals surface area (Å²) in [5.41, 5.74) is 5.53. The summed E-state index contributed by atoms with van der Waals surface area (Å²) in [7, 11) is 0. The third-order valence-electron chi connectivity index (χ3n) is 4.97. The smallest absolute Gasteiger partial charge is 0.410 e. The minimum Gasteiger partial charge on any atom is -0.466 e. The molecule has 1 aliphatic rings. The van der Waals surface area contributed by atoms with Crippen LogP contribution in [0, 0.1) is 13.8 Å². The fourth-order valence-electron chi connectivity index (χ4n) is 3.60. The van der Waals surface area contributed by atoms with Crippen LogP contribution in [-0.2, 0) is 4.74 Å². The molecule has 0 unspecified atom stereocenters. The van der Waals surface area contributed by atoms with Crippen molar-refractivity contribution in [2.24, 2.45) is 0 Å². The first-order chi connectivity index (χ1) is 14.5. The van der Waals surface area contributed by atoms with Crippen molar-refractivity contribution in [3.8, 4) is 0 Å². The van der Waals surface area contributed by atoms with Crippen LogP contribution in [-0.4, -0.2) is 51.7 Å². The van der Waals surface area contributed by atoms with Gasteiger partial charge >= 0.3 is 6.09 Å². The van der Waals surface area contributed by atoms with E-state index in [2.05, 4.69) is 21.0 Å². The Morgan fingerprint density at radius 2 is 1.87 bits per heavy atom. The lowest BCUT2D eigenvalue weighted by Gasteiger charge is -2.34. The molecule has 1 atom stereocenters. The van der Waals surface area contributed by atoms with Gasteiger partial charge in [-0.1, -0.05) is 0 Å². The standard InChI is InChI=1S/C21H29N5O5/c1-12-9-15(13(2)30-12)18(27)24-25-19(28)16-10-22-23-17(16)14-7-6-8-26(11-14)20(29)31-21(3,4)5/h9-10,14H,6-8,11H2,1-5H3,(H,22,23)(H,24,27)(H,25,28)/t14-/m1/s1. The van der Waals surface area contributed by atoms with E-state index in [1.54, 1.807) is 24.8 Å². The Balaban J connectivity index is 1.64. The molecule has 3 rings (SSSR count). The molecule has 10 nitrogen and oxygen atoms in total. The molecule has 0 aromatic carbocycles. The van der Waals surface area contributed by atoms with Gasteiger partial charge < -0.3 is 14.1 Å². The van der Waals surface area contributed by atoms with Crippen LogP contribution in [0.3, 0.4) is 0 Å². The first-order valence-electron chi connectivity index (χ1n) is 10.2. The molecular weight excluding hydrogens is 402 g/mol. The number of carbonyl (C=O) groups excluding carboxylic acids is 3. The van der Waals surface area contributed by atoms with E-state index < -0.39 is 17.4 Å². The third-order valence-corrected chi connectivity index (χ3v) is 4.97. The number of hydrogen-bond donors (Lipinski definition) is 3. The Hall–Kier alpha value is -3.30. The summed E-state index contributed by atoms with van der Waals surface area (Å²) in [6.07, 6.45) is 2.61. The monoisotopic (exact) mass is 431 g/mol. The second-order valence-corrected chi connectivity index (χ2v) is 8.70. The number of aryl methyl sites for hydroxylation is 2. The van der Waals surface area contributed by atoms with Crippen LogP contribution in [0.1, 0.15) is 77.5 Å². The van der Waals surface area contributed by atoms with Crippen LogP contribution in [0.5, 0.6) is 0 Å². The fourth-order valence-corrected chi connectivity index (χ4v) is 3.60. The zero-order valence-corrected chi connectivity index (χ0v) is 18.5. The summed E-state index contributed by atoms with van der Waals surface area (Å²) >= 11 is 0. The highest BCUT2D eigenvalue weighted by Crippen LogP contribution is 2.28. The van der Waals surface area contributed by atoms with E-state index >= 15 is 0 Å². The highest BCUT2D eigenvalue weighted by molar-refractivity contribution is 6.00. The predicted octanol–water partition coefficient (Wildman–Crippen LogP) is 2.81. The average Bonchev–Trinajstić information content (AvgIpc) is 3.31. The second-order valence-electron chi connectivity index (χ2n) is 8.70. The molecule has 1 aliphatic heterocycles. The van der Waals surface area contributed by atoms with Crippen molar-refractivity contribution in [2.75, 3.05) is 13.1 Å². The number of aromatic nitrogens is 2. The van der Waals surface area contributed by atoms with Crippen molar-refractivity contribution in [1.29, 1.82) is 0 Å². The molecule has 3 amide bonds. The first kappa shape index (κ1) is 22.4. The summed E-state index contributed by atoms with van der Waals surface area (Å²) in [4.78, 5) is 39.1. The SMILES string of the molecule is Cc1cc(C(=O)NNC(=O)c2cn[nH]c2[C@@H]2CCCN(C(=O)OC(C)(C)C)C2)c(C)o1. The molecule has 0 radical (unpaired) electrons. The zero-order valence-electron chi connectivity index (χ0n) is 18.5. The molecule has 3 heterocycles. The Morgan fingerprint density at radius 3 is 2.48 bits per heavy atom. The molecular formula is C21H29N5O5. The van der Waals surface area contributed by atoms with Crippen molar-refractivity contribution < 1.29 is 23.5 Å². The van der Waals surface area contributed by atoms with Crippen molar-refractivity contribution in [3.63, 3.8) is 0 Å². The largest absolute Gasteiger partial charge is 0.466 e. The molecule has 168 valence electrons. The average molecular weight is 431 g/mol. The fraction of sp³-hybridized carbons (Fsp3) is 0.524. The van der Waals surface area contributed by atoms with Crippen molar-refractivity contribution >= 4 is 17.9 Å². The van der Waals surface area contributed by atoms with Gasteiger partial charge in [0.1, 0.15) is 17.1 Å². The Kier molecular flexibility index (Phi) is 6.37. The Labute approximate surface area is 180 Å². The maximum Gasteiger partial charge on any atom is 0.410 e. The first-order valence-corrected chi connectivity index (χ1v) is 10.2. The number of nitrogens with zero attached hydrogens (tertiary/aromatic N) is 2. The van der Waals surface area contributed by atoms with Gasteiger partial charge in [0.2, 0.25) is 0 Å². The van der Waals surface area contributed by atoms with E-state index in [0.29, 0.717) is 41.4 Å². The molecule has 2 aromatic rings. The van der Waals surface area contributed by atoms with Gasteiger partial charge in [-0.2, -0.15) is 5.10 Å². The number of furan rings is 1. The van der Waals surface area contributed by atoms with E-state index in [4.69, 9.17) is 9.15 Å². The number of ether oxygens (including phenoxy) is 1. The van der Waals surface area contributed by atoms with Crippen LogP contribution in [0.15, 0.2) is 16.7 Å². The number of hydrogen-bond acceptors (Lipinski definition) is 6. The summed E-state index contributed by atoms with van der Waals surface area (Å²) in [5.74, 6) is 0.0143. The quantitative estimate of drug-likeness (QED) is 0.641. The number of carbonyl (C=O) groups is 3. The van der Waals surface area contributed by atoms with Gasteiger partial charge in [-0.15, -0.1) is 0 Å². The lowest BCUT2D eigenvalue weighted by molar-refractivity contribution is 0.0197. The van der Waals surface area contributed by atoms with Gasteiger partial charge in [0, 0.05) is 19.0 Å². The lowest BCUT2D eigenvalue weighted by atomic mass is 9.92. The van der Waals surface area contributed by atoms with Gasteiger partial charge in [0.25, 0.3) is 11.8 Å². The third kappa shape index (κ3) is 5.44. The summed E-state index contributed by atoms with van der Waals surface area (Å²) in [5, 5.41) is 6.88. The predicted molar refractivity (Wildman–Crippen MR) is 111 cm³/mol. The summed E-state index contributed by atoms with van der Waals surface area (Å²) in [6, 6.07) is 1.60. The van der Waals surface area contributed by atoms with E-state index in [9.17, 15) is 14.4 Å². The summed E-state index contributed by atoms with van der Waals surface area (Å²) < 4.78 is 10.8. The molecule has 1 saturated heterocycles. The number of H-pyrrole nitrogens is 1. The minimum atomic E-state index is -0.576. The van der Waals surface area contributed by atoms with Crippen LogP contribution in [0.25, 0.3) is 0 Å². The van der Waals surface area contributed by atoms with Crippen LogP contribution >= 0.6 is 0 Å². The molecule has 10 heteroatoms. The van der Waals surface area contributed by atoms with E-state index in [1.807, 2.05) is 20.8 Å². The van der Waals surface area contributed by atoms with Gasteiger partial charge in [-0.05, 0) is 53.5 Å². The van der Waals surface area contributed by atoms with Gasteiger partial charge in [0.05, 0.1) is 23.0 Å². The molecule has 0 bridgehead atoms. The number of rotatable bonds is 3. The summed E-state index contributed by atoms with van der Waals surface area (Å²) in [6.45, 7) is 9.90. The highest BCUT2D eigenvalue weighted by Gasteiger charge is 2.31. The lowest BCUT2D eigenvalue weighted by Crippen LogP contribution is -2.43. The topological polar surface area (TPSA) is 130 Å². The number of amides is 3. The van der Waals surface area contributed by atoms with Gasteiger partial charge in [-0.25, -0.2) is 4.79 Å². The number of likely N-dealkylation sites (tertiary alicyclic amines) is 1. The van der Waals surface area contributed by atoms with Crippen molar-refractivity contribution in [2.45, 2.75) is 59.0 Å². The maximum absolute atomic E-state index is 12.7. The molecule has 0 saturated carbocycles. The van der Waals surface area contributed by atoms with Crippen molar-refractivity contribution in [1.82, 2.24) is 25.9 Å². The Bertz CT molecular complexity index is 971. The molecule has 2 aromatic heterocycles. The van der Waals surface area contributed by atoms with Gasteiger partial charge in [0.15, 0.2) is 0 Å². The molecule has 1 fully saturated rings. The van der Waals surface area contributed by atoms with Gasteiger partial charge in [-0.3, -0.25) is 25.5 Å². The molecule has 3 N–H and O–H groups in total. The van der Waals surface area contributed by atoms with E-state index in [1.165, 1.54) is 6.20 Å². The maximum atomic E-state index is 12.7. The molecule has 0 spiro atoms. The highest BCUT2D eigenvalue weighted by atomic mass is 16.6. The second kappa shape index (κ2) is 8.83. The van der Waals surface area contributed by atoms with Crippen molar-refractivity contribution in [3.05, 3.63) is 40.6 Å². The number of piperidine rings is 1.